The zero-order valence-corrected chi connectivity index (χ0v) is 19.1. The molecule has 1 unspecified atom stereocenters. The van der Waals surface area contributed by atoms with E-state index in [1.807, 2.05) is 54.6 Å². The first kappa shape index (κ1) is 22.8. The van der Waals surface area contributed by atoms with E-state index in [9.17, 15) is 9.90 Å². The Hall–Kier alpha value is -4.02. The van der Waals surface area contributed by atoms with Gasteiger partial charge in [0.15, 0.2) is 5.82 Å². The van der Waals surface area contributed by atoms with Gasteiger partial charge in [-0.15, -0.1) is 5.10 Å². The van der Waals surface area contributed by atoms with Crippen molar-refractivity contribution in [2.45, 2.75) is 12.6 Å². The van der Waals surface area contributed by atoms with Gasteiger partial charge in [-0.2, -0.15) is 0 Å². The molecule has 3 aromatic carbocycles. The van der Waals surface area contributed by atoms with Crippen molar-refractivity contribution in [1.82, 2.24) is 25.1 Å². The van der Waals surface area contributed by atoms with E-state index in [1.165, 1.54) is 0 Å². The summed E-state index contributed by atoms with van der Waals surface area (Å²) >= 11 is 0. The van der Waals surface area contributed by atoms with Crippen LogP contribution in [0, 0.1) is 0 Å². The molecule has 1 aliphatic heterocycles. The number of phenolic OH excluding ortho intramolecular Hbond substituents is 1. The second-order valence-corrected chi connectivity index (χ2v) is 8.19. The molecule has 10 heteroatoms. The molecule has 1 atom stereocenters. The molecule has 0 spiro atoms. The third-order valence-corrected chi connectivity index (χ3v) is 5.99. The van der Waals surface area contributed by atoms with Crippen molar-refractivity contribution in [3.63, 3.8) is 0 Å². The van der Waals surface area contributed by atoms with Crippen LogP contribution in [0.4, 0.5) is 10.5 Å². The number of aromatic nitrogens is 4. The Labute approximate surface area is 202 Å². The molecule has 0 saturated carbocycles. The van der Waals surface area contributed by atoms with Gasteiger partial charge in [0.1, 0.15) is 12.4 Å². The number of nitrogens with one attached hydrogen (secondary N) is 1. The lowest BCUT2D eigenvalue weighted by Crippen LogP contribution is -2.40. The average molecular weight is 475 g/mol. The number of hydrogen-bond donors (Lipinski definition) is 2. The van der Waals surface area contributed by atoms with Crippen LogP contribution in [0.15, 0.2) is 66.7 Å². The molecular weight excluding hydrogens is 448 g/mol. The number of fused-ring (bicyclic) bond motifs is 1. The van der Waals surface area contributed by atoms with Gasteiger partial charge in [-0.3, -0.25) is 10.2 Å². The number of aromatic hydroxyl groups is 1. The van der Waals surface area contributed by atoms with Gasteiger partial charge in [-0.25, -0.2) is 9.48 Å². The number of anilines is 1. The highest BCUT2D eigenvalue weighted by Gasteiger charge is 2.29. The van der Waals surface area contributed by atoms with Crippen molar-refractivity contribution in [2.24, 2.45) is 0 Å². The number of tetrazole rings is 1. The van der Waals surface area contributed by atoms with E-state index in [0.717, 1.165) is 29.4 Å². The van der Waals surface area contributed by atoms with Crippen molar-refractivity contribution in [3.8, 4) is 5.75 Å². The van der Waals surface area contributed by atoms with E-state index in [0.29, 0.717) is 31.3 Å². The van der Waals surface area contributed by atoms with Crippen LogP contribution in [0.25, 0.3) is 10.8 Å². The molecule has 35 heavy (non-hydrogen) atoms. The first-order chi connectivity index (χ1) is 17.2. The maximum atomic E-state index is 12.5. The molecular formula is C25H26N6O4. The molecule has 1 saturated heterocycles. The normalized spacial score (nSPS) is 15.1. The molecule has 2 N–H and O–H groups in total. The molecule has 5 rings (SSSR count). The summed E-state index contributed by atoms with van der Waals surface area (Å²) in [7, 11) is 0. The van der Waals surface area contributed by atoms with Crippen LogP contribution < -0.4 is 5.32 Å². The smallest absolute Gasteiger partial charge is 0.411 e. The van der Waals surface area contributed by atoms with Crippen molar-refractivity contribution in [3.05, 3.63) is 78.1 Å². The van der Waals surface area contributed by atoms with Gasteiger partial charge in [0.2, 0.25) is 0 Å². The second kappa shape index (κ2) is 10.5. The zero-order chi connectivity index (χ0) is 24.0. The fraction of sp³-hybridized carbons (Fsp3) is 0.280. The summed E-state index contributed by atoms with van der Waals surface area (Å²) in [6.45, 7) is 3.08. The zero-order valence-electron chi connectivity index (χ0n) is 19.1. The number of carbonyl (C=O) groups excluding carboxylic acids is 1. The molecule has 1 amide bonds. The molecule has 180 valence electrons. The highest BCUT2D eigenvalue weighted by molar-refractivity contribution is 6.00. The van der Waals surface area contributed by atoms with Crippen LogP contribution in [0.2, 0.25) is 0 Å². The van der Waals surface area contributed by atoms with Crippen molar-refractivity contribution < 1.29 is 19.4 Å². The van der Waals surface area contributed by atoms with Crippen molar-refractivity contribution in [1.29, 1.82) is 0 Å². The molecule has 1 aliphatic rings. The summed E-state index contributed by atoms with van der Waals surface area (Å²) in [6.07, 6.45) is -0.542. The summed E-state index contributed by atoms with van der Waals surface area (Å²) in [5, 5.41) is 26.8. The Kier molecular flexibility index (Phi) is 6.82. The predicted molar refractivity (Wildman–Crippen MR) is 129 cm³/mol. The van der Waals surface area contributed by atoms with E-state index in [4.69, 9.17) is 9.47 Å². The highest BCUT2D eigenvalue weighted by atomic mass is 16.5. The van der Waals surface area contributed by atoms with Gasteiger partial charge in [0.05, 0.1) is 31.5 Å². The predicted octanol–water partition coefficient (Wildman–Crippen LogP) is 3.20. The molecule has 0 radical (unpaired) electrons. The standard InChI is InChI=1S/C25H26N6O4/c32-20-10-8-19(9-11-20)23(30-12-15-34-16-13-30)24-27-28-29-31(24)14-17-35-25(33)26-22-7-3-5-18-4-1-2-6-21(18)22/h1-11,23,32H,12-17H2,(H,26,33). The summed E-state index contributed by atoms with van der Waals surface area (Å²) in [5.41, 5.74) is 1.64. The molecule has 4 aromatic rings. The number of hydrogen-bond acceptors (Lipinski definition) is 8. The molecule has 1 fully saturated rings. The Morgan fingerprint density at radius 2 is 1.83 bits per heavy atom. The Balaban J connectivity index is 1.27. The number of ether oxygens (including phenoxy) is 2. The van der Waals surface area contributed by atoms with E-state index in [-0.39, 0.29) is 18.4 Å². The first-order valence-corrected chi connectivity index (χ1v) is 11.5. The van der Waals surface area contributed by atoms with Crippen LogP contribution in [0.3, 0.4) is 0 Å². The van der Waals surface area contributed by atoms with Crippen molar-refractivity contribution >= 4 is 22.6 Å². The third kappa shape index (κ3) is 5.23. The molecule has 0 bridgehead atoms. The number of benzene rings is 3. The SMILES string of the molecule is O=C(Nc1cccc2ccccc12)OCCn1nnnc1C(c1ccc(O)cc1)N1CCOCC1. The monoisotopic (exact) mass is 474 g/mol. The molecule has 1 aromatic heterocycles. The van der Waals surface area contributed by atoms with Gasteiger partial charge >= 0.3 is 6.09 Å². The van der Waals surface area contributed by atoms with Crippen LogP contribution in [-0.4, -0.2) is 69.2 Å². The Bertz CT molecular complexity index is 1280. The summed E-state index contributed by atoms with van der Waals surface area (Å²) in [6, 6.07) is 20.3. The van der Waals surface area contributed by atoms with E-state index in [1.54, 1.807) is 16.8 Å². The minimum absolute atomic E-state index is 0.0973. The number of carbonyl (C=O) groups is 1. The maximum absolute atomic E-state index is 12.5. The quantitative estimate of drug-likeness (QED) is 0.420. The summed E-state index contributed by atoms with van der Waals surface area (Å²) < 4.78 is 12.6. The first-order valence-electron chi connectivity index (χ1n) is 11.5. The van der Waals surface area contributed by atoms with E-state index < -0.39 is 6.09 Å². The van der Waals surface area contributed by atoms with Gasteiger partial charge in [0.25, 0.3) is 0 Å². The topological polar surface area (TPSA) is 115 Å². The summed E-state index contributed by atoms with van der Waals surface area (Å²) in [4.78, 5) is 14.7. The minimum Gasteiger partial charge on any atom is -0.508 e. The van der Waals surface area contributed by atoms with E-state index in [2.05, 4.69) is 25.7 Å². The summed E-state index contributed by atoms with van der Waals surface area (Å²) in [5.74, 6) is 0.829. The molecule has 10 nitrogen and oxygen atoms in total. The van der Waals surface area contributed by atoms with Crippen molar-refractivity contribution in [2.75, 3.05) is 38.2 Å². The molecule has 0 aliphatic carbocycles. The number of morpholine rings is 1. The lowest BCUT2D eigenvalue weighted by Gasteiger charge is -2.33. The maximum Gasteiger partial charge on any atom is 0.411 e. The number of rotatable bonds is 7. The van der Waals surface area contributed by atoms with Gasteiger partial charge < -0.3 is 14.6 Å². The fourth-order valence-electron chi connectivity index (χ4n) is 4.29. The third-order valence-electron chi connectivity index (χ3n) is 5.99. The lowest BCUT2D eigenvalue weighted by atomic mass is 10.0. The van der Waals surface area contributed by atoms with Gasteiger partial charge in [-0.1, -0.05) is 48.5 Å². The minimum atomic E-state index is -0.542. The highest BCUT2D eigenvalue weighted by Crippen LogP contribution is 2.29. The van der Waals surface area contributed by atoms with E-state index >= 15 is 0 Å². The Morgan fingerprint density at radius 1 is 1.06 bits per heavy atom. The van der Waals surface area contributed by atoms with Crippen LogP contribution in [-0.2, 0) is 16.0 Å². The number of phenols is 1. The lowest BCUT2D eigenvalue weighted by molar-refractivity contribution is 0.0214. The Morgan fingerprint density at radius 3 is 2.66 bits per heavy atom. The number of nitrogens with zero attached hydrogens (tertiary/aromatic N) is 5. The largest absolute Gasteiger partial charge is 0.508 e. The fourth-order valence-corrected chi connectivity index (χ4v) is 4.29. The van der Waals surface area contributed by atoms with Crippen LogP contribution >= 0.6 is 0 Å². The second-order valence-electron chi connectivity index (χ2n) is 8.19. The number of amides is 1. The van der Waals surface area contributed by atoms with Crippen LogP contribution in [0.5, 0.6) is 5.75 Å². The average Bonchev–Trinajstić information content (AvgIpc) is 3.34. The van der Waals surface area contributed by atoms with Crippen LogP contribution in [0.1, 0.15) is 17.4 Å². The molecule has 2 heterocycles. The van der Waals surface area contributed by atoms with Gasteiger partial charge in [-0.05, 0) is 39.6 Å². The van der Waals surface area contributed by atoms with Gasteiger partial charge in [0, 0.05) is 18.5 Å².